The second kappa shape index (κ2) is 35.1. The van der Waals surface area contributed by atoms with Crippen molar-refractivity contribution in [2.75, 3.05) is 24.5 Å². The van der Waals surface area contributed by atoms with Gasteiger partial charge in [0, 0.05) is 17.2 Å². The van der Waals surface area contributed by atoms with Gasteiger partial charge >= 0.3 is 11.9 Å². The summed E-state index contributed by atoms with van der Waals surface area (Å²) in [4.78, 5) is 11.4. The average Bonchev–Trinajstić information content (AvgIpc) is 1.68. The van der Waals surface area contributed by atoms with Crippen molar-refractivity contribution in [2.24, 2.45) is 0 Å². The minimum atomic E-state index is 0.112. The first-order valence-corrected chi connectivity index (χ1v) is 47.3. The molecule has 135 heavy (non-hydrogen) atoms. The monoisotopic (exact) mass is 1810 g/mol. The molecule has 15 nitrogen and oxygen atoms in total. The van der Waals surface area contributed by atoms with Gasteiger partial charge in [-0.15, -0.1) is 0 Å². The third-order valence-electron chi connectivity index (χ3n) is 26.3. The van der Waals surface area contributed by atoms with Gasteiger partial charge in [-0.2, -0.15) is 0 Å². The lowest BCUT2D eigenvalue weighted by atomic mass is 9.84. The van der Waals surface area contributed by atoms with Crippen molar-refractivity contribution in [3.05, 3.63) is 322 Å². The molecule has 0 saturated heterocycles. The molecule has 0 bridgehead atoms. The van der Waals surface area contributed by atoms with Gasteiger partial charge in [0.05, 0.1) is 63.1 Å². The zero-order valence-electron chi connectivity index (χ0n) is 86.1. The molecule has 0 N–H and O–H groups in total. The molecule has 5 aliphatic rings. The van der Waals surface area contributed by atoms with Gasteiger partial charge in [0.15, 0.2) is 46.0 Å². The van der Waals surface area contributed by atoms with Crippen molar-refractivity contribution >= 4 is 85.5 Å². The minimum absolute atomic E-state index is 0.112. The van der Waals surface area contributed by atoms with Crippen LogP contribution in [-0.4, -0.2) is 0 Å². The standard InChI is InChI=1S/5C24H27NO2/c1-14-8-9-19-21(10-14)27-23-17(4)26-13-20(23)25(19)22-15(2)11-18(12-16(22)3)24(5,6)7;1-14-8-9-19-20(10-14)27-21-13-26-17(4)23(21)25(19)22-15(2)11-18(12-16(22)3)24(5,6)7;1-14-8-9-19-21(10-14)27-23-20(13-17(4)26-23)25(19)22-15(2)11-18(12-16(22)3)24(5,6)7;1-14-8-9-19-20(10-14)27-22-17(4)13-26-23(22)25(19)21-15(2)11-18(12-16(21)3)24(5,6)7;1-14-8-9-19-20(10-14)27-23-22(17(4)13-26-23)25(19)21-15(2)11-18(12-16(21)3)24(5,6)7/h5*8-13H,1-7H3. The van der Waals surface area contributed by atoms with Crippen LogP contribution in [0.5, 0.6) is 57.9 Å². The fraction of sp³-hybridized carbons (Fsp3) is 0.333. The van der Waals surface area contributed by atoms with E-state index in [1.54, 1.807) is 25.1 Å². The second-order valence-electron chi connectivity index (χ2n) is 43.2. The van der Waals surface area contributed by atoms with Crippen molar-refractivity contribution in [1.82, 2.24) is 0 Å². The summed E-state index contributed by atoms with van der Waals surface area (Å²) in [6.45, 7) is 76.1. The topological polar surface area (TPSA) is 128 Å². The molecule has 10 aromatic carbocycles. The molecule has 5 aliphatic heterocycles. The van der Waals surface area contributed by atoms with Gasteiger partial charge in [-0.1, -0.05) is 195 Å². The number of hydrogen-bond donors (Lipinski definition) is 0. The van der Waals surface area contributed by atoms with E-state index in [9.17, 15) is 0 Å². The van der Waals surface area contributed by atoms with Crippen LogP contribution in [-0.2, 0) is 27.1 Å². The molecule has 0 amide bonds. The van der Waals surface area contributed by atoms with Crippen molar-refractivity contribution in [3.63, 3.8) is 0 Å². The van der Waals surface area contributed by atoms with Crippen LogP contribution < -0.4 is 48.2 Å². The molecule has 15 aromatic rings. The van der Waals surface area contributed by atoms with Crippen LogP contribution in [0.4, 0.5) is 85.5 Å². The predicted molar refractivity (Wildman–Crippen MR) is 556 cm³/mol. The largest absolute Gasteiger partial charge is 0.463 e. The lowest BCUT2D eigenvalue weighted by molar-refractivity contribution is 0.335. The van der Waals surface area contributed by atoms with Crippen LogP contribution in [0.25, 0.3) is 0 Å². The minimum Gasteiger partial charge on any atom is -0.463 e. The van der Waals surface area contributed by atoms with Crippen LogP contribution in [0.1, 0.15) is 244 Å². The Hall–Kier alpha value is -13.4. The first kappa shape index (κ1) is 94.8. The number of furan rings is 5. The summed E-state index contributed by atoms with van der Waals surface area (Å²) in [5.74, 6) is 11.0. The van der Waals surface area contributed by atoms with Crippen LogP contribution in [0.15, 0.2) is 205 Å². The summed E-state index contributed by atoms with van der Waals surface area (Å²) in [5.41, 5.74) is 42.7. The number of ether oxygens (including phenoxy) is 5. The highest BCUT2D eigenvalue weighted by Crippen LogP contribution is 2.61. The van der Waals surface area contributed by atoms with Crippen molar-refractivity contribution in [2.45, 2.75) is 269 Å². The number of anilines is 15. The zero-order valence-corrected chi connectivity index (χ0v) is 86.1. The molecule has 700 valence electrons. The molecule has 0 aliphatic carbocycles. The summed E-state index contributed by atoms with van der Waals surface area (Å²) >= 11 is 0. The number of aryl methyl sites for hydroxylation is 20. The van der Waals surface area contributed by atoms with Gasteiger partial charge in [0.1, 0.15) is 58.8 Å². The molecule has 0 fully saturated rings. The van der Waals surface area contributed by atoms with Crippen LogP contribution in [0.2, 0.25) is 0 Å². The normalized spacial score (nSPS) is 13.2. The molecule has 0 saturated carbocycles. The Labute approximate surface area is 800 Å². The van der Waals surface area contributed by atoms with E-state index in [1.165, 1.54) is 123 Å². The maximum absolute atomic E-state index is 6.20. The van der Waals surface area contributed by atoms with Gasteiger partial charge in [-0.25, -0.2) is 0 Å². The summed E-state index contributed by atoms with van der Waals surface area (Å²) in [7, 11) is 0. The van der Waals surface area contributed by atoms with Gasteiger partial charge in [0.2, 0.25) is 5.88 Å². The molecule has 0 unspecified atom stereocenters. The molecule has 15 heteroatoms. The maximum Gasteiger partial charge on any atom is 0.315 e. The Morgan fingerprint density at radius 1 is 0.200 bits per heavy atom. The Morgan fingerprint density at radius 2 is 0.496 bits per heavy atom. The molecule has 0 atom stereocenters. The number of hydrogen-bond acceptors (Lipinski definition) is 15. The third-order valence-corrected chi connectivity index (χ3v) is 26.3. The van der Waals surface area contributed by atoms with Crippen LogP contribution in [0.3, 0.4) is 0 Å². The number of fused-ring (bicyclic) bond motifs is 10. The first-order chi connectivity index (χ1) is 63.3. The van der Waals surface area contributed by atoms with E-state index in [0.717, 1.165) is 148 Å². The number of benzene rings is 10. The molecule has 20 rings (SSSR count). The van der Waals surface area contributed by atoms with E-state index < -0.39 is 0 Å². The summed E-state index contributed by atoms with van der Waals surface area (Å²) in [6.07, 6.45) is 7.04. The first-order valence-electron chi connectivity index (χ1n) is 47.3. The smallest absolute Gasteiger partial charge is 0.315 e. The Kier molecular flexibility index (Phi) is 24.7. The fourth-order valence-electron chi connectivity index (χ4n) is 19.1. The van der Waals surface area contributed by atoms with Gasteiger partial charge in [0.25, 0.3) is 0 Å². The molecular formula is C120H135N5O10. The predicted octanol–water partition coefficient (Wildman–Crippen LogP) is 36.9. The fourth-order valence-corrected chi connectivity index (χ4v) is 19.1. The van der Waals surface area contributed by atoms with Gasteiger partial charge in [-0.05, 0) is 337 Å². The maximum atomic E-state index is 6.20. The SMILES string of the molecule is Cc1ccc2c(c1)Oc1c(C)coc1N2c1c(C)cc(C(C)(C)C)cc1C.Cc1ccc2c(c1)Oc1c(coc1C)N2c1c(C)cc(C(C)(C)C)cc1C.Cc1ccc2c(c1)Oc1coc(C)c1N2c1c(C)cc(C(C)(C)C)cc1C.Cc1ccc2c(c1)Oc1oc(C)cc1N2c1c(C)cc(C(C)(C)C)cc1C.Cc1ccc2c(c1)Oc1occ(C)c1N2c1c(C)cc(C(C)(C)C)cc1C. The molecule has 0 spiro atoms. The highest BCUT2D eigenvalue weighted by Gasteiger charge is 2.40. The summed E-state index contributed by atoms with van der Waals surface area (Å²) in [6, 6.07) is 56.7. The Bertz CT molecular complexity index is 6560. The lowest BCUT2D eigenvalue weighted by Crippen LogP contribution is -2.19. The molecular weight excluding hydrogens is 1670 g/mol. The van der Waals surface area contributed by atoms with Crippen molar-refractivity contribution < 1.29 is 45.8 Å². The van der Waals surface area contributed by atoms with E-state index in [-0.39, 0.29) is 27.1 Å². The highest BCUT2D eigenvalue weighted by atomic mass is 16.6. The quantitative estimate of drug-likeness (QED) is 0.162. The van der Waals surface area contributed by atoms with E-state index in [0.29, 0.717) is 11.9 Å². The second-order valence-corrected chi connectivity index (χ2v) is 43.2. The third kappa shape index (κ3) is 18.2. The zero-order chi connectivity index (χ0) is 97.5. The molecule has 5 aromatic heterocycles. The lowest BCUT2D eigenvalue weighted by Gasteiger charge is -2.34. The van der Waals surface area contributed by atoms with Crippen LogP contribution in [0, 0.1) is 138 Å². The van der Waals surface area contributed by atoms with E-state index in [2.05, 4.69) is 397 Å². The van der Waals surface area contributed by atoms with Crippen molar-refractivity contribution in [3.8, 4) is 57.9 Å². The Morgan fingerprint density at radius 3 is 0.874 bits per heavy atom. The van der Waals surface area contributed by atoms with Gasteiger partial charge in [-0.3, -0.25) is 9.80 Å². The number of nitrogens with zero attached hydrogens (tertiary/aromatic N) is 5. The summed E-state index contributed by atoms with van der Waals surface area (Å²) in [5, 5.41) is 0. The highest BCUT2D eigenvalue weighted by molar-refractivity contribution is 5.94. The Balaban J connectivity index is 0.000000123. The van der Waals surface area contributed by atoms with Gasteiger partial charge < -0.3 is 60.5 Å². The average molecular weight is 1810 g/mol. The van der Waals surface area contributed by atoms with E-state index in [4.69, 9.17) is 45.8 Å². The number of rotatable bonds is 5. The molecule has 0 radical (unpaired) electrons. The molecule has 10 heterocycles. The van der Waals surface area contributed by atoms with E-state index >= 15 is 0 Å². The van der Waals surface area contributed by atoms with Crippen molar-refractivity contribution in [1.29, 1.82) is 0 Å². The van der Waals surface area contributed by atoms with Crippen LogP contribution >= 0.6 is 0 Å². The van der Waals surface area contributed by atoms with E-state index in [1.807, 2.05) is 27.7 Å². The summed E-state index contributed by atoms with van der Waals surface area (Å²) < 4.78 is 59.7.